The van der Waals surface area contributed by atoms with Gasteiger partial charge in [0.2, 0.25) is 12.0 Å². The Kier molecular flexibility index (Phi) is 9.99. The minimum absolute atomic E-state index is 0.129. The van der Waals surface area contributed by atoms with Crippen LogP contribution in [0, 0.1) is 17.3 Å². The number of hydrogen-bond acceptors (Lipinski definition) is 11. The Hall–Kier alpha value is -4.72. The molecule has 2 N–H and O–H groups in total. The Bertz CT molecular complexity index is 2270. The molecule has 3 aromatic rings. The first-order valence-electron chi connectivity index (χ1n) is 21.7. The topological polar surface area (TPSA) is 151 Å². The molecule has 2 aromatic carbocycles. The fourth-order valence-corrected chi connectivity index (χ4v) is 13.7. The number of hydrogen-bond donors (Lipinski definition) is 2. The molecule has 60 heavy (non-hydrogen) atoms. The number of benzene rings is 2. The third-order valence-corrected chi connectivity index (χ3v) is 15.5. The zero-order valence-corrected chi connectivity index (χ0v) is 35.6. The molecular weight excluding hydrogens is 765 g/mol. The van der Waals surface area contributed by atoms with Gasteiger partial charge in [0.05, 0.1) is 33.1 Å². The van der Waals surface area contributed by atoms with Gasteiger partial charge in [-0.05, 0) is 80.2 Å². The second-order valence-corrected chi connectivity index (χ2v) is 18.2. The second-order valence-electron chi connectivity index (χ2n) is 18.2. The normalized spacial score (nSPS) is 35.2. The van der Waals surface area contributed by atoms with Crippen molar-refractivity contribution in [3.63, 3.8) is 0 Å². The fourth-order valence-electron chi connectivity index (χ4n) is 13.7. The molecule has 2 bridgehead atoms. The molecule has 9 rings (SSSR count). The Morgan fingerprint density at radius 3 is 2.48 bits per heavy atom. The van der Waals surface area contributed by atoms with Crippen LogP contribution in [0.3, 0.4) is 0 Å². The van der Waals surface area contributed by atoms with Crippen molar-refractivity contribution in [2.75, 3.05) is 59.0 Å². The highest BCUT2D eigenvalue weighted by Crippen LogP contribution is 2.68. The number of para-hydroxylation sites is 1. The first kappa shape index (κ1) is 40.7. The van der Waals surface area contributed by atoms with E-state index in [-0.39, 0.29) is 5.92 Å². The Balaban J connectivity index is 1.37. The molecule has 0 radical (unpaired) electrons. The van der Waals surface area contributed by atoms with E-state index in [2.05, 4.69) is 27.8 Å². The highest BCUT2D eigenvalue weighted by atomic mass is 16.6. The van der Waals surface area contributed by atoms with E-state index in [1.807, 2.05) is 43.3 Å². The second kappa shape index (κ2) is 14.7. The van der Waals surface area contributed by atoms with Gasteiger partial charge in [0.25, 0.3) is 0 Å². The zero-order chi connectivity index (χ0) is 42.4. The van der Waals surface area contributed by atoms with Crippen molar-refractivity contribution < 1.29 is 43.2 Å². The molecule has 1 aliphatic carbocycles. The molecule has 6 aliphatic rings. The maximum atomic E-state index is 15.4. The molecule has 13 heteroatoms. The van der Waals surface area contributed by atoms with Gasteiger partial charge in [-0.3, -0.25) is 19.3 Å². The average molecular weight is 823 g/mol. The van der Waals surface area contributed by atoms with Gasteiger partial charge in [0.1, 0.15) is 11.2 Å². The van der Waals surface area contributed by atoms with Crippen LogP contribution in [0.4, 0.5) is 5.69 Å². The Labute approximate surface area is 351 Å². The number of anilines is 1. The van der Waals surface area contributed by atoms with Gasteiger partial charge in [-0.1, -0.05) is 50.6 Å². The van der Waals surface area contributed by atoms with Crippen LogP contribution >= 0.6 is 0 Å². The monoisotopic (exact) mass is 822 g/mol. The van der Waals surface area contributed by atoms with Gasteiger partial charge in [-0.15, -0.1) is 0 Å². The van der Waals surface area contributed by atoms with E-state index >= 15 is 4.79 Å². The third kappa shape index (κ3) is 5.33. The predicted octanol–water partition coefficient (Wildman–Crippen LogP) is 4.79. The lowest BCUT2D eigenvalue weighted by molar-refractivity contribution is -0.228. The highest BCUT2D eigenvalue weighted by Gasteiger charge is 2.81. The van der Waals surface area contributed by atoms with E-state index in [9.17, 15) is 19.5 Å². The number of methoxy groups -OCH3 is 3. The number of carbonyl (C=O) groups is 4. The smallest absolute Gasteiger partial charge is 0.344 e. The molecule has 10 atom stereocenters. The van der Waals surface area contributed by atoms with E-state index in [0.717, 1.165) is 66.6 Å². The van der Waals surface area contributed by atoms with E-state index in [0.29, 0.717) is 68.1 Å². The van der Waals surface area contributed by atoms with Crippen LogP contribution in [0.2, 0.25) is 0 Å². The van der Waals surface area contributed by atoms with Crippen molar-refractivity contribution in [3.05, 3.63) is 70.9 Å². The van der Waals surface area contributed by atoms with Gasteiger partial charge >= 0.3 is 17.9 Å². The molecule has 13 nitrogen and oxygen atoms in total. The van der Waals surface area contributed by atoms with E-state index < -0.39 is 57.9 Å². The van der Waals surface area contributed by atoms with Crippen LogP contribution in [0.25, 0.3) is 10.9 Å². The minimum Gasteiger partial charge on any atom is -0.496 e. The summed E-state index contributed by atoms with van der Waals surface area (Å²) in [5, 5.41) is 14.4. The number of rotatable bonds is 9. The lowest BCUT2D eigenvalue weighted by Gasteiger charge is -2.63. The molecular formula is C47H58N4O9. The predicted molar refractivity (Wildman–Crippen MR) is 224 cm³/mol. The maximum absolute atomic E-state index is 15.4. The molecule has 6 heterocycles. The van der Waals surface area contributed by atoms with Gasteiger partial charge in [-0.2, -0.15) is 0 Å². The lowest BCUT2D eigenvalue weighted by Crippen LogP contribution is -2.81. The summed E-state index contributed by atoms with van der Waals surface area (Å²) in [5.41, 5.74) is -1.53. The van der Waals surface area contributed by atoms with E-state index in [4.69, 9.17) is 18.9 Å². The summed E-state index contributed by atoms with van der Waals surface area (Å²) in [6, 6.07) is 10.3. The van der Waals surface area contributed by atoms with E-state index in [1.165, 1.54) is 26.0 Å². The zero-order valence-electron chi connectivity index (χ0n) is 35.6. The summed E-state index contributed by atoms with van der Waals surface area (Å²) in [4.78, 5) is 66.6. The maximum Gasteiger partial charge on any atom is 0.344 e. The molecule has 2 saturated heterocycles. The van der Waals surface area contributed by atoms with Crippen LogP contribution < -0.4 is 9.64 Å². The first-order valence-corrected chi connectivity index (χ1v) is 21.7. The molecule has 3 fully saturated rings. The number of aromatic amines is 1. The molecule has 320 valence electrons. The minimum atomic E-state index is -2.50. The van der Waals surface area contributed by atoms with Crippen molar-refractivity contribution in [2.24, 2.45) is 17.3 Å². The SMILES string of the molecule is CCC[C@H]1C[C@@H]2CN(CCc3c([nH]c4ccccc34)[C@@](C(=O)OC)(c3cc4c(cc3OC)N(C=O)[C@H]3[C@@](O)(C(=O)OC)[C@H](OC(C)=O)[C@]5(CC)C=CCN6CC[C@]43[C@@H]65)C2)C1. The summed E-state index contributed by atoms with van der Waals surface area (Å²) in [7, 11) is 4.21. The fraction of sp³-hybridized carbons (Fsp3) is 0.574. The van der Waals surface area contributed by atoms with Gasteiger partial charge in [-0.25, -0.2) is 4.79 Å². The number of piperidine rings is 1. The molecule has 1 amide bonds. The molecule has 5 aliphatic heterocycles. The number of carbonyl (C=O) groups excluding carboxylic acids is 4. The van der Waals surface area contributed by atoms with Crippen LogP contribution in [-0.2, 0) is 50.6 Å². The van der Waals surface area contributed by atoms with Crippen LogP contribution in [-0.4, -0.2) is 122 Å². The van der Waals surface area contributed by atoms with Gasteiger partial charge in [0, 0.05) is 78.2 Å². The van der Waals surface area contributed by atoms with Crippen LogP contribution in [0.1, 0.15) is 81.7 Å². The molecule has 1 aromatic heterocycles. The first-order chi connectivity index (χ1) is 28.9. The van der Waals surface area contributed by atoms with Crippen molar-refractivity contribution >= 4 is 40.9 Å². The van der Waals surface area contributed by atoms with E-state index in [1.54, 1.807) is 13.2 Å². The Morgan fingerprint density at radius 2 is 1.78 bits per heavy atom. The number of esters is 3. The number of nitrogens with zero attached hydrogens (tertiary/aromatic N) is 3. The standard InChI is InChI=1S/C47H58N4O9/c1-7-12-29-21-30-24-46(42(54)58-5,38-32(15-19-49(25-29)26-30)31-13-9-10-14-35(31)48-38)34-22-33-36(23-37(34)57-4)51(27-52)40-45(33)17-20-50-18-11-16-44(8-2,39(45)50)41(60-28(3)53)47(40,56)43(55)59-6/h9-11,13-14,16,22-23,27,29-30,39-41,48,56H,7-8,12,15,17-21,24-26H2,1-6H3/t29-,30-,39-,40+,41+,44+,45+,46-,47-/m0/s1. The summed E-state index contributed by atoms with van der Waals surface area (Å²) < 4.78 is 23.8. The lowest BCUT2D eigenvalue weighted by atomic mass is 9.47. The van der Waals surface area contributed by atoms with Gasteiger partial charge < -0.3 is 38.8 Å². The number of nitrogens with one attached hydrogen (secondary N) is 1. The third-order valence-electron chi connectivity index (χ3n) is 15.5. The molecule has 1 saturated carbocycles. The number of amides is 1. The molecule has 1 unspecified atom stereocenters. The highest BCUT2D eigenvalue weighted by molar-refractivity contribution is 5.96. The summed E-state index contributed by atoms with van der Waals surface area (Å²) in [6.45, 7) is 9.34. The number of aromatic nitrogens is 1. The van der Waals surface area contributed by atoms with Crippen molar-refractivity contribution in [2.45, 2.75) is 100 Å². The number of aliphatic hydroxyl groups is 1. The van der Waals surface area contributed by atoms with Crippen molar-refractivity contribution in [3.8, 4) is 5.75 Å². The van der Waals surface area contributed by atoms with Crippen LogP contribution in [0.15, 0.2) is 48.6 Å². The number of H-pyrrole nitrogens is 1. The quantitative estimate of drug-likeness (QED) is 0.133. The van der Waals surface area contributed by atoms with Crippen LogP contribution in [0.5, 0.6) is 5.75 Å². The Morgan fingerprint density at radius 1 is 1.00 bits per heavy atom. The van der Waals surface area contributed by atoms with Gasteiger partial charge in [0.15, 0.2) is 6.10 Å². The number of fused-ring (bicyclic) bond motifs is 6. The largest absolute Gasteiger partial charge is 0.496 e. The summed E-state index contributed by atoms with van der Waals surface area (Å²) >= 11 is 0. The van der Waals surface area contributed by atoms with Crippen molar-refractivity contribution in [1.29, 1.82) is 0 Å². The average Bonchev–Trinajstić information content (AvgIpc) is 3.93. The summed E-state index contributed by atoms with van der Waals surface area (Å²) in [6.07, 6.45) is 8.42. The summed E-state index contributed by atoms with van der Waals surface area (Å²) in [5.74, 6) is -1.10. The molecule has 1 spiro atoms. The number of ether oxygens (including phenoxy) is 4. The van der Waals surface area contributed by atoms with Crippen molar-refractivity contribution in [1.82, 2.24) is 14.8 Å².